The number of benzene rings is 1. The van der Waals surface area contributed by atoms with Crippen molar-refractivity contribution in [2.75, 3.05) is 0 Å². The van der Waals surface area contributed by atoms with E-state index >= 15 is 0 Å². The van der Waals surface area contributed by atoms with Gasteiger partial charge < -0.3 is 9.84 Å². The molecule has 1 aromatic heterocycles. The Labute approximate surface area is 113 Å². The fourth-order valence-electron chi connectivity index (χ4n) is 1.63. The number of amides is 1. The lowest BCUT2D eigenvalue weighted by molar-refractivity contribution is 0.0951. The van der Waals surface area contributed by atoms with Crippen LogP contribution in [0.5, 0.6) is 0 Å². The Bertz CT molecular complexity index is 541. The van der Waals surface area contributed by atoms with Crippen molar-refractivity contribution in [1.29, 1.82) is 0 Å². The maximum atomic E-state index is 11.9. The van der Waals surface area contributed by atoms with Crippen molar-refractivity contribution in [3.63, 3.8) is 0 Å². The molecule has 0 atom stereocenters. The maximum absolute atomic E-state index is 11.9. The number of aromatic nitrogens is 1. The van der Waals surface area contributed by atoms with Crippen LogP contribution in [0.4, 0.5) is 0 Å². The van der Waals surface area contributed by atoms with Gasteiger partial charge in [-0.05, 0) is 38.1 Å². The molecule has 2 aromatic rings. The molecule has 0 aliphatic heterocycles. The number of halogens is 1. The van der Waals surface area contributed by atoms with Gasteiger partial charge in [0.25, 0.3) is 5.91 Å². The van der Waals surface area contributed by atoms with E-state index in [2.05, 4.69) is 26.4 Å². The third-order valence-corrected chi connectivity index (χ3v) is 3.24. The first-order chi connectivity index (χ1) is 8.58. The number of carbonyl (C=O) groups excluding carboxylic acids is 1. The van der Waals surface area contributed by atoms with E-state index in [1.54, 1.807) is 12.1 Å². The van der Waals surface area contributed by atoms with E-state index < -0.39 is 0 Å². The molecule has 0 fully saturated rings. The van der Waals surface area contributed by atoms with Gasteiger partial charge in [0.15, 0.2) is 0 Å². The van der Waals surface area contributed by atoms with Crippen LogP contribution in [0.3, 0.4) is 0 Å². The molecule has 1 N–H and O–H groups in total. The first-order valence-corrected chi connectivity index (χ1v) is 6.32. The predicted molar refractivity (Wildman–Crippen MR) is 71.3 cm³/mol. The van der Waals surface area contributed by atoms with Crippen molar-refractivity contribution in [3.05, 3.63) is 51.3 Å². The molecule has 1 amide bonds. The van der Waals surface area contributed by atoms with Crippen molar-refractivity contribution in [2.24, 2.45) is 0 Å². The lowest BCUT2D eigenvalue weighted by atomic mass is 10.2. The number of hydrogen-bond donors (Lipinski definition) is 1. The van der Waals surface area contributed by atoms with E-state index in [9.17, 15) is 4.79 Å². The summed E-state index contributed by atoms with van der Waals surface area (Å²) in [7, 11) is 0. The van der Waals surface area contributed by atoms with E-state index in [0.717, 1.165) is 21.5 Å². The zero-order valence-corrected chi connectivity index (χ0v) is 11.7. The third-order valence-electron chi connectivity index (χ3n) is 2.71. The number of hydrogen-bond acceptors (Lipinski definition) is 3. The highest BCUT2D eigenvalue weighted by Gasteiger charge is 2.11. The van der Waals surface area contributed by atoms with Crippen LogP contribution in [0.2, 0.25) is 0 Å². The SMILES string of the molecule is Cc1noc(C)c1CNC(=O)c1ccc(Br)cc1. The van der Waals surface area contributed by atoms with Crippen LogP contribution in [0.1, 0.15) is 27.4 Å². The minimum Gasteiger partial charge on any atom is -0.361 e. The average molecular weight is 309 g/mol. The molecule has 0 aliphatic carbocycles. The van der Waals surface area contributed by atoms with Gasteiger partial charge in [-0.3, -0.25) is 4.79 Å². The summed E-state index contributed by atoms with van der Waals surface area (Å²) in [5.41, 5.74) is 2.37. The summed E-state index contributed by atoms with van der Waals surface area (Å²) in [5, 5.41) is 6.69. The fourth-order valence-corrected chi connectivity index (χ4v) is 1.89. The molecule has 1 aromatic carbocycles. The lowest BCUT2D eigenvalue weighted by Gasteiger charge is -2.04. The molecule has 0 saturated carbocycles. The zero-order valence-electron chi connectivity index (χ0n) is 10.2. The molecule has 0 unspecified atom stereocenters. The standard InChI is InChI=1S/C13H13BrN2O2/c1-8-12(9(2)18-16-8)7-15-13(17)10-3-5-11(14)6-4-10/h3-6H,7H2,1-2H3,(H,15,17). The van der Waals surface area contributed by atoms with Crippen molar-refractivity contribution in [3.8, 4) is 0 Å². The van der Waals surface area contributed by atoms with Crippen LogP contribution < -0.4 is 5.32 Å². The van der Waals surface area contributed by atoms with Gasteiger partial charge >= 0.3 is 0 Å². The molecular formula is C13H13BrN2O2. The number of rotatable bonds is 3. The van der Waals surface area contributed by atoms with Crippen molar-refractivity contribution in [2.45, 2.75) is 20.4 Å². The van der Waals surface area contributed by atoms with Gasteiger partial charge in [0, 0.05) is 22.1 Å². The number of nitrogens with zero attached hydrogens (tertiary/aromatic N) is 1. The van der Waals surface area contributed by atoms with Gasteiger partial charge in [-0.25, -0.2) is 0 Å². The molecule has 18 heavy (non-hydrogen) atoms. The van der Waals surface area contributed by atoms with Crippen molar-refractivity contribution < 1.29 is 9.32 Å². The Morgan fingerprint density at radius 2 is 2.00 bits per heavy atom. The van der Waals surface area contributed by atoms with Crippen LogP contribution in [-0.2, 0) is 6.54 Å². The Hall–Kier alpha value is -1.62. The van der Waals surface area contributed by atoms with Crippen molar-refractivity contribution >= 4 is 21.8 Å². The summed E-state index contributed by atoms with van der Waals surface area (Å²) in [6.45, 7) is 4.12. The van der Waals surface area contributed by atoms with Crippen molar-refractivity contribution in [1.82, 2.24) is 10.5 Å². The molecule has 0 spiro atoms. The lowest BCUT2D eigenvalue weighted by Crippen LogP contribution is -2.23. The highest BCUT2D eigenvalue weighted by molar-refractivity contribution is 9.10. The molecule has 4 nitrogen and oxygen atoms in total. The molecule has 94 valence electrons. The number of carbonyl (C=O) groups is 1. The third kappa shape index (κ3) is 2.79. The highest BCUT2D eigenvalue weighted by atomic mass is 79.9. The van der Waals surface area contributed by atoms with Gasteiger partial charge in [0.1, 0.15) is 5.76 Å². The first kappa shape index (κ1) is 12.8. The van der Waals surface area contributed by atoms with Gasteiger partial charge in [0.2, 0.25) is 0 Å². The molecule has 0 bridgehead atoms. The van der Waals surface area contributed by atoms with E-state index in [1.807, 2.05) is 26.0 Å². The number of aryl methyl sites for hydroxylation is 2. The summed E-state index contributed by atoms with van der Waals surface area (Å²) >= 11 is 3.33. The Morgan fingerprint density at radius 1 is 1.33 bits per heavy atom. The summed E-state index contributed by atoms with van der Waals surface area (Å²) in [6.07, 6.45) is 0. The van der Waals surface area contributed by atoms with E-state index in [0.29, 0.717) is 12.1 Å². The highest BCUT2D eigenvalue weighted by Crippen LogP contribution is 2.13. The predicted octanol–water partition coefficient (Wildman–Crippen LogP) is 2.98. The minimum atomic E-state index is -0.109. The Morgan fingerprint density at radius 3 is 2.56 bits per heavy atom. The second kappa shape index (κ2) is 5.35. The molecule has 0 aliphatic rings. The van der Waals surface area contributed by atoms with Crippen LogP contribution in [0.15, 0.2) is 33.3 Å². The summed E-state index contributed by atoms with van der Waals surface area (Å²) in [4.78, 5) is 11.9. The molecule has 5 heteroatoms. The van der Waals surface area contributed by atoms with Crippen LogP contribution in [0.25, 0.3) is 0 Å². The normalized spacial score (nSPS) is 10.4. The second-order valence-corrected chi connectivity index (χ2v) is 4.91. The zero-order chi connectivity index (χ0) is 13.1. The molecular weight excluding hydrogens is 296 g/mol. The van der Waals surface area contributed by atoms with E-state index in [4.69, 9.17) is 4.52 Å². The number of nitrogens with one attached hydrogen (secondary N) is 1. The molecule has 1 heterocycles. The fraction of sp³-hybridized carbons (Fsp3) is 0.231. The molecule has 0 saturated heterocycles. The monoisotopic (exact) mass is 308 g/mol. The Balaban J connectivity index is 2.03. The largest absolute Gasteiger partial charge is 0.361 e. The minimum absolute atomic E-state index is 0.109. The topological polar surface area (TPSA) is 55.1 Å². The van der Waals surface area contributed by atoms with Gasteiger partial charge in [0.05, 0.1) is 5.69 Å². The average Bonchev–Trinajstić information content (AvgIpc) is 2.67. The molecule has 2 rings (SSSR count). The maximum Gasteiger partial charge on any atom is 0.251 e. The van der Waals surface area contributed by atoms with E-state index in [-0.39, 0.29) is 5.91 Å². The first-order valence-electron chi connectivity index (χ1n) is 5.53. The van der Waals surface area contributed by atoms with Gasteiger partial charge in [-0.2, -0.15) is 0 Å². The van der Waals surface area contributed by atoms with Crippen LogP contribution in [-0.4, -0.2) is 11.1 Å². The van der Waals surface area contributed by atoms with E-state index in [1.165, 1.54) is 0 Å². The van der Waals surface area contributed by atoms with Gasteiger partial charge in [-0.15, -0.1) is 0 Å². The second-order valence-electron chi connectivity index (χ2n) is 3.99. The summed E-state index contributed by atoms with van der Waals surface area (Å²) in [6, 6.07) is 7.22. The summed E-state index contributed by atoms with van der Waals surface area (Å²) < 4.78 is 5.99. The quantitative estimate of drug-likeness (QED) is 0.948. The molecule has 0 radical (unpaired) electrons. The summed E-state index contributed by atoms with van der Waals surface area (Å²) in [5.74, 6) is 0.631. The smallest absolute Gasteiger partial charge is 0.251 e. The van der Waals surface area contributed by atoms with Crippen LogP contribution >= 0.6 is 15.9 Å². The van der Waals surface area contributed by atoms with Gasteiger partial charge in [-0.1, -0.05) is 21.1 Å². The van der Waals surface area contributed by atoms with Crippen LogP contribution in [0, 0.1) is 13.8 Å². The Kier molecular flexibility index (Phi) is 3.81.